The Morgan fingerprint density at radius 3 is 2.69 bits per heavy atom. The molecule has 39 heavy (non-hydrogen) atoms. The maximum atomic E-state index is 15.5. The second kappa shape index (κ2) is 14.1. The van der Waals surface area contributed by atoms with Crippen molar-refractivity contribution in [2.45, 2.75) is 64.8 Å². The molecule has 1 aliphatic rings. The van der Waals surface area contributed by atoms with Crippen molar-refractivity contribution in [3.63, 3.8) is 0 Å². The zero-order chi connectivity index (χ0) is 28.6. The molecule has 0 aliphatic carbocycles. The van der Waals surface area contributed by atoms with Gasteiger partial charge >= 0.3 is 0 Å². The van der Waals surface area contributed by atoms with E-state index in [9.17, 15) is 0 Å². The van der Waals surface area contributed by atoms with Crippen LogP contribution in [0.5, 0.6) is 0 Å². The van der Waals surface area contributed by atoms with Crippen molar-refractivity contribution in [1.29, 1.82) is 0 Å². The lowest BCUT2D eigenvalue weighted by atomic mass is 9.90. The molecule has 1 fully saturated rings. The summed E-state index contributed by atoms with van der Waals surface area (Å²) in [6, 6.07) is 3.52. The number of aliphatic hydroxyl groups excluding tert-OH is 1. The lowest BCUT2D eigenvalue weighted by Gasteiger charge is -2.40. The number of halogens is 3. The van der Waals surface area contributed by atoms with E-state index in [1.54, 1.807) is 27.0 Å². The number of hydroxylamine groups is 1. The molecule has 0 spiro atoms. The van der Waals surface area contributed by atoms with Crippen molar-refractivity contribution in [2.75, 3.05) is 50.3 Å². The summed E-state index contributed by atoms with van der Waals surface area (Å²) in [6.45, 7) is 12.3. The maximum Gasteiger partial charge on any atom is 0.276 e. The average molecular weight is 550 g/mol. The summed E-state index contributed by atoms with van der Waals surface area (Å²) in [5.74, 6) is -2.60. The van der Waals surface area contributed by atoms with Gasteiger partial charge in [-0.3, -0.25) is 4.84 Å². The number of aliphatic hydroxyl groups is 1. The Labute approximate surface area is 230 Å². The zero-order valence-corrected chi connectivity index (χ0v) is 23.5. The molecule has 10 heteroatoms. The normalized spacial score (nSPS) is 15.2. The number of nitrogens with one attached hydrogen (secondary N) is 1. The molecule has 2 heterocycles. The number of unbranched alkanes of at least 4 members (excludes halogenated alkanes) is 2. The second-order valence-corrected chi connectivity index (χ2v) is 10.2. The predicted molar refractivity (Wildman–Crippen MR) is 149 cm³/mol. The van der Waals surface area contributed by atoms with Crippen LogP contribution in [0.4, 0.5) is 24.8 Å². The maximum absolute atomic E-state index is 15.5. The van der Waals surface area contributed by atoms with Gasteiger partial charge in [0.15, 0.2) is 5.82 Å². The molecule has 0 saturated carbocycles. The first-order chi connectivity index (χ1) is 18.6. The Balaban J connectivity index is 1.68. The molecule has 2 aromatic rings. The number of hydrogen-bond acceptors (Lipinski definition) is 7. The van der Waals surface area contributed by atoms with Crippen molar-refractivity contribution in [1.82, 2.24) is 14.9 Å². The van der Waals surface area contributed by atoms with Gasteiger partial charge in [0, 0.05) is 38.7 Å². The monoisotopic (exact) mass is 549 g/mol. The van der Waals surface area contributed by atoms with Crippen LogP contribution in [0.25, 0.3) is 6.08 Å². The van der Waals surface area contributed by atoms with Gasteiger partial charge in [-0.25, -0.2) is 28.2 Å². The van der Waals surface area contributed by atoms with E-state index < -0.39 is 29.8 Å². The van der Waals surface area contributed by atoms with Crippen molar-refractivity contribution in [3.05, 3.63) is 53.1 Å². The summed E-state index contributed by atoms with van der Waals surface area (Å²) in [5, 5.41) is 13.5. The molecule has 0 radical (unpaired) electrons. The number of hydrogen-bond donors (Lipinski definition) is 2. The Bertz CT molecular complexity index is 1090. The molecule has 1 aromatic carbocycles. The topological polar surface area (TPSA) is 73.8 Å². The van der Waals surface area contributed by atoms with Crippen LogP contribution in [0, 0.1) is 18.7 Å². The third-order valence-electron chi connectivity index (χ3n) is 7.14. The van der Waals surface area contributed by atoms with Crippen molar-refractivity contribution in [2.24, 2.45) is 5.92 Å². The Morgan fingerprint density at radius 2 is 2.03 bits per heavy atom. The van der Waals surface area contributed by atoms with E-state index >= 15 is 13.2 Å². The van der Waals surface area contributed by atoms with E-state index in [4.69, 9.17) is 9.94 Å². The van der Waals surface area contributed by atoms with Crippen LogP contribution in [-0.2, 0) is 10.8 Å². The van der Waals surface area contributed by atoms with E-state index in [1.807, 2.05) is 6.92 Å². The van der Waals surface area contributed by atoms with E-state index in [1.165, 1.54) is 23.3 Å². The lowest BCUT2D eigenvalue weighted by Crippen LogP contribution is -2.47. The first-order valence-electron chi connectivity index (χ1n) is 13.7. The van der Waals surface area contributed by atoms with E-state index in [-0.39, 0.29) is 18.1 Å². The first-order valence-corrected chi connectivity index (χ1v) is 13.7. The molecular formula is C29H42F3N5O2. The summed E-state index contributed by atoms with van der Waals surface area (Å²) < 4.78 is 46.0. The number of benzene rings is 1. The molecular weight excluding hydrogens is 507 g/mol. The van der Waals surface area contributed by atoms with Gasteiger partial charge in [0.2, 0.25) is 0 Å². The number of alkyl halides is 2. The van der Waals surface area contributed by atoms with Crippen LogP contribution in [0.15, 0.2) is 24.8 Å². The lowest BCUT2D eigenvalue weighted by molar-refractivity contribution is -0.0320. The van der Waals surface area contributed by atoms with Gasteiger partial charge < -0.3 is 15.3 Å². The van der Waals surface area contributed by atoms with Crippen LogP contribution < -0.4 is 10.4 Å². The van der Waals surface area contributed by atoms with Gasteiger partial charge in [-0.15, -0.1) is 0 Å². The van der Waals surface area contributed by atoms with Crippen LogP contribution in [-0.4, -0.2) is 59.9 Å². The predicted octanol–water partition coefficient (Wildman–Crippen LogP) is 6.09. The third-order valence-corrected chi connectivity index (χ3v) is 7.14. The number of nitrogens with zero attached hydrogens (tertiary/aromatic N) is 4. The van der Waals surface area contributed by atoms with Gasteiger partial charge in [-0.05, 0) is 58.9 Å². The summed E-state index contributed by atoms with van der Waals surface area (Å²) in [6.07, 6.45) is 4.30. The van der Waals surface area contributed by atoms with Crippen molar-refractivity contribution in [3.8, 4) is 0 Å². The van der Waals surface area contributed by atoms with Gasteiger partial charge in [-0.2, -0.15) is 0 Å². The minimum atomic E-state index is -3.27. The highest BCUT2D eigenvalue weighted by molar-refractivity contribution is 5.72. The number of likely N-dealkylation sites (tertiary alicyclic amines) is 1. The standard InChI is InChI=1S/C29H42F3N5O2/c1-6-23-27(34-21(4)35-28(23)36(5)39-7-2)33-20(3)24-12-11-13-25(26(24)30)29(31,32)15-14-22-18-37(19-22)16-9-8-10-17-38/h6,11-13,20,22,38H,1,7-10,14-19H2,2-5H3,(H,33,34,35)/t20-/m1/s1. The molecule has 0 unspecified atom stereocenters. The third kappa shape index (κ3) is 7.93. The summed E-state index contributed by atoms with van der Waals surface area (Å²) in [7, 11) is 1.72. The molecule has 2 N–H and O–H groups in total. The molecule has 1 saturated heterocycles. The minimum Gasteiger partial charge on any atom is -0.396 e. The molecule has 1 atom stereocenters. The van der Waals surface area contributed by atoms with Crippen LogP contribution in [0.1, 0.15) is 74.5 Å². The average Bonchev–Trinajstić information content (AvgIpc) is 2.86. The summed E-state index contributed by atoms with van der Waals surface area (Å²) >= 11 is 0. The fourth-order valence-electron chi connectivity index (χ4n) is 4.99. The number of rotatable bonds is 16. The molecule has 216 valence electrons. The van der Waals surface area contributed by atoms with E-state index in [0.29, 0.717) is 36.1 Å². The first kappa shape index (κ1) is 30.8. The Hall–Kier alpha value is -2.69. The fraction of sp³-hybridized carbons (Fsp3) is 0.586. The number of aryl methyl sites for hydroxylation is 1. The van der Waals surface area contributed by atoms with Crippen molar-refractivity contribution < 1.29 is 23.1 Å². The van der Waals surface area contributed by atoms with Gasteiger partial charge in [-0.1, -0.05) is 30.9 Å². The molecule has 0 bridgehead atoms. The summed E-state index contributed by atoms with van der Waals surface area (Å²) in [4.78, 5) is 16.7. The highest BCUT2D eigenvalue weighted by atomic mass is 19.3. The van der Waals surface area contributed by atoms with E-state index in [2.05, 4.69) is 26.8 Å². The quantitative estimate of drug-likeness (QED) is 0.194. The number of anilines is 2. The Kier molecular flexibility index (Phi) is 11.1. The van der Waals surface area contributed by atoms with E-state index in [0.717, 1.165) is 38.9 Å². The molecule has 3 rings (SSSR count). The van der Waals surface area contributed by atoms with Crippen LogP contribution in [0.3, 0.4) is 0 Å². The molecule has 1 aliphatic heterocycles. The number of aromatic nitrogens is 2. The molecule has 0 amide bonds. The largest absolute Gasteiger partial charge is 0.396 e. The molecule has 7 nitrogen and oxygen atoms in total. The zero-order valence-electron chi connectivity index (χ0n) is 23.5. The van der Waals surface area contributed by atoms with Crippen LogP contribution >= 0.6 is 0 Å². The van der Waals surface area contributed by atoms with Gasteiger partial charge in [0.25, 0.3) is 5.92 Å². The molecule has 1 aromatic heterocycles. The fourth-order valence-corrected chi connectivity index (χ4v) is 4.99. The Morgan fingerprint density at radius 1 is 1.28 bits per heavy atom. The van der Waals surface area contributed by atoms with Gasteiger partial charge in [0.1, 0.15) is 17.5 Å². The smallest absolute Gasteiger partial charge is 0.276 e. The van der Waals surface area contributed by atoms with Gasteiger partial charge in [0.05, 0.1) is 23.8 Å². The highest BCUT2D eigenvalue weighted by Crippen LogP contribution is 2.39. The van der Waals surface area contributed by atoms with Crippen LogP contribution in [0.2, 0.25) is 0 Å². The SMILES string of the molecule is C=Cc1c(N[C@H](C)c2cccc(C(F)(F)CCC3CN(CCCCCO)C3)c2F)nc(C)nc1N(C)OCC. The summed E-state index contributed by atoms with van der Waals surface area (Å²) in [5.41, 5.74) is 0.123. The minimum absolute atomic E-state index is 0.135. The highest BCUT2D eigenvalue weighted by Gasteiger charge is 2.38. The van der Waals surface area contributed by atoms with Crippen molar-refractivity contribution >= 4 is 17.7 Å². The second-order valence-electron chi connectivity index (χ2n) is 10.2.